The van der Waals surface area contributed by atoms with Gasteiger partial charge < -0.3 is 20.6 Å². The molecule has 1 fully saturated rings. The van der Waals surface area contributed by atoms with E-state index in [-0.39, 0.29) is 16.5 Å². The molecule has 0 amide bonds. The van der Waals surface area contributed by atoms with Gasteiger partial charge in [0.1, 0.15) is 5.69 Å². The predicted octanol–water partition coefficient (Wildman–Crippen LogP) is 5.62. The van der Waals surface area contributed by atoms with Crippen LogP contribution in [0.25, 0.3) is 0 Å². The molecule has 7 nitrogen and oxygen atoms in total. The highest BCUT2D eigenvalue weighted by atomic mass is 32.1. The topological polar surface area (TPSA) is 101 Å². The molecule has 196 valence electrons. The number of carboxylic acids is 1. The average Bonchev–Trinajstić information content (AvgIpc) is 3.39. The van der Waals surface area contributed by atoms with Crippen molar-refractivity contribution in [2.75, 3.05) is 25.9 Å². The summed E-state index contributed by atoms with van der Waals surface area (Å²) >= 11 is 1.14. The molecule has 1 aromatic heterocycles. The van der Waals surface area contributed by atoms with Gasteiger partial charge in [0.15, 0.2) is 5.13 Å². The summed E-state index contributed by atoms with van der Waals surface area (Å²) in [6, 6.07) is 28.7. The molecule has 0 aliphatic carbocycles. The molecule has 3 aromatic carbocycles. The third-order valence-electron chi connectivity index (χ3n) is 6.36. The number of nitrogens with two attached hydrogens (primary N) is 1. The number of hydrogen-bond acceptors (Lipinski definition) is 7. The van der Waals surface area contributed by atoms with Gasteiger partial charge in [-0.3, -0.25) is 0 Å². The van der Waals surface area contributed by atoms with E-state index in [4.69, 9.17) is 10.6 Å². The number of aliphatic carboxylic acids is 1. The first kappa shape index (κ1) is 27.0. The van der Waals surface area contributed by atoms with Gasteiger partial charge in [-0.25, -0.2) is 9.78 Å². The summed E-state index contributed by atoms with van der Waals surface area (Å²) < 4.78 is 0. The van der Waals surface area contributed by atoms with Gasteiger partial charge in [-0.1, -0.05) is 103 Å². The van der Waals surface area contributed by atoms with E-state index in [1.54, 1.807) is 5.38 Å². The van der Waals surface area contributed by atoms with Gasteiger partial charge in [0.2, 0.25) is 11.3 Å². The monoisotopic (exact) mass is 528 g/mol. The Morgan fingerprint density at radius 2 is 1.37 bits per heavy atom. The summed E-state index contributed by atoms with van der Waals surface area (Å²) in [4.78, 5) is 24.6. The predicted molar refractivity (Wildman–Crippen MR) is 152 cm³/mol. The Bertz CT molecular complexity index is 1220. The molecule has 0 unspecified atom stereocenters. The zero-order chi connectivity index (χ0) is 26.8. The van der Waals surface area contributed by atoms with Crippen LogP contribution < -0.4 is 5.73 Å². The van der Waals surface area contributed by atoms with Crippen LogP contribution in [0.1, 0.15) is 41.6 Å². The lowest BCUT2D eigenvalue weighted by molar-refractivity contribution is -0.129. The third-order valence-corrected chi connectivity index (χ3v) is 7.04. The second-order valence-electron chi connectivity index (χ2n) is 9.05. The number of nitrogens with zero attached hydrogens (tertiary/aromatic N) is 3. The number of anilines is 1. The van der Waals surface area contributed by atoms with Gasteiger partial charge >= 0.3 is 5.97 Å². The minimum absolute atomic E-state index is 0.151. The molecule has 8 heteroatoms. The summed E-state index contributed by atoms with van der Waals surface area (Å²) in [6.07, 6.45) is 4.28. The van der Waals surface area contributed by atoms with Crippen LogP contribution in [0.15, 0.2) is 102 Å². The first-order valence-electron chi connectivity index (χ1n) is 12.6. The highest BCUT2D eigenvalue weighted by Crippen LogP contribution is 2.40. The van der Waals surface area contributed by atoms with Crippen molar-refractivity contribution in [2.45, 2.75) is 24.9 Å². The number of aromatic nitrogens is 1. The number of nitrogen functional groups attached to an aromatic ring is 1. The van der Waals surface area contributed by atoms with Crippen molar-refractivity contribution < 1.29 is 14.7 Å². The Morgan fingerprint density at radius 1 is 0.895 bits per heavy atom. The van der Waals surface area contributed by atoms with E-state index in [1.807, 2.05) is 91.0 Å². The van der Waals surface area contributed by atoms with Gasteiger partial charge in [0.05, 0.1) is 0 Å². The minimum Gasteiger partial charge on any atom is -0.476 e. The SMILES string of the molecule is CN1CCCCC1.Nc1nc(/C(=N/OC(c2ccccc2)(c2ccccc2)c2ccccc2)C(=O)O)cs1. The number of oxime groups is 1. The van der Waals surface area contributed by atoms with Gasteiger partial charge in [0, 0.05) is 22.1 Å². The van der Waals surface area contributed by atoms with E-state index in [9.17, 15) is 9.90 Å². The smallest absolute Gasteiger partial charge is 0.360 e. The van der Waals surface area contributed by atoms with Crippen molar-refractivity contribution in [1.82, 2.24) is 9.88 Å². The molecular weight excluding hydrogens is 496 g/mol. The van der Waals surface area contributed by atoms with E-state index in [0.717, 1.165) is 28.0 Å². The van der Waals surface area contributed by atoms with E-state index in [1.165, 1.54) is 32.4 Å². The maximum atomic E-state index is 11.9. The number of thiazole rings is 1. The van der Waals surface area contributed by atoms with Crippen molar-refractivity contribution in [1.29, 1.82) is 0 Å². The molecule has 0 atom stereocenters. The van der Waals surface area contributed by atoms with Crippen molar-refractivity contribution in [3.63, 3.8) is 0 Å². The Hall–Kier alpha value is -4.01. The zero-order valence-electron chi connectivity index (χ0n) is 21.4. The van der Waals surface area contributed by atoms with Gasteiger partial charge in [-0.2, -0.15) is 0 Å². The summed E-state index contributed by atoms with van der Waals surface area (Å²) in [7, 11) is 2.19. The zero-order valence-corrected chi connectivity index (χ0v) is 22.2. The average molecular weight is 529 g/mol. The molecule has 5 rings (SSSR count). The number of carboxylic acid groups (broad SMARTS) is 1. The van der Waals surface area contributed by atoms with Crippen LogP contribution in [0.4, 0.5) is 5.13 Å². The fourth-order valence-electron chi connectivity index (χ4n) is 4.43. The van der Waals surface area contributed by atoms with Crippen LogP contribution in [0.3, 0.4) is 0 Å². The molecule has 0 saturated carbocycles. The lowest BCUT2D eigenvalue weighted by atomic mass is 9.80. The Kier molecular flexibility index (Phi) is 9.24. The molecule has 4 aromatic rings. The summed E-state index contributed by atoms with van der Waals surface area (Å²) in [5.41, 5.74) is 6.76. The standard InChI is InChI=1S/C24H19N3O3S.C6H13N/c25-23-26-20(16-31-23)21(22(28)29)27-30-24(17-10-4-1-5-11-17,18-12-6-2-7-13-18)19-14-8-3-9-15-19;1-7-5-3-2-4-6-7/h1-16H,(H2,25,26)(H,28,29);2-6H2,1H3/b27-21-;. The molecule has 3 N–H and O–H groups in total. The Labute approximate surface area is 227 Å². The number of piperidine rings is 1. The summed E-state index contributed by atoms with van der Waals surface area (Å²) in [5.74, 6) is -1.26. The number of benzene rings is 3. The number of carbonyl (C=O) groups is 1. The first-order chi connectivity index (χ1) is 18.5. The largest absolute Gasteiger partial charge is 0.476 e. The van der Waals surface area contributed by atoms with Crippen LogP contribution in [-0.4, -0.2) is 46.8 Å². The summed E-state index contributed by atoms with van der Waals surface area (Å²) in [6.45, 7) is 2.64. The Morgan fingerprint density at radius 3 is 1.71 bits per heavy atom. The van der Waals surface area contributed by atoms with Crippen molar-refractivity contribution in [3.8, 4) is 0 Å². The second-order valence-corrected chi connectivity index (χ2v) is 9.94. The molecule has 0 bridgehead atoms. The van der Waals surface area contributed by atoms with Crippen LogP contribution in [0, 0.1) is 0 Å². The van der Waals surface area contributed by atoms with E-state index < -0.39 is 11.6 Å². The minimum atomic E-state index is -1.26. The molecule has 0 spiro atoms. The lowest BCUT2D eigenvalue weighted by Gasteiger charge is -2.33. The van der Waals surface area contributed by atoms with Crippen molar-refractivity contribution in [2.24, 2.45) is 5.16 Å². The van der Waals surface area contributed by atoms with E-state index in [2.05, 4.69) is 22.1 Å². The van der Waals surface area contributed by atoms with Crippen molar-refractivity contribution in [3.05, 3.63) is 119 Å². The number of likely N-dealkylation sites (tertiary alicyclic amines) is 1. The molecule has 2 heterocycles. The molecular formula is C30H32N4O3S. The molecule has 1 aliphatic rings. The molecule has 1 saturated heterocycles. The first-order valence-corrected chi connectivity index (χ1v) is 13.4. The normalized spacial score (nSPS) is 14.3. The molecule has 0 radical (unpaired) electrons. The van der Waals surface area contributed by atoms with Crippen LogP contribution in [0.5, 0.6) is 0 Å². The van der Waals surface area contributed by atoms with E-state index in [0.29, 0.717) is 0 Å². The quantitative estimate of drug-likeness (QED) is 0.183. The molecule has 38 heavy (non-hydrogen) atoms. The van der Waals surface area contributed by atoms with Gasteiger partial charge in [-0.15, -0.1) is 11.3 Å². The number of rotatable bonds is 7. The molecule has 1 aliphatic heterocycles. The van der Waals surface area contributed by atoms with E-state index >= 15 is 0 Å². The fraction of sp³-hybridized carbons (Fsp3) is 0.233. The second kappa shape index (κ2) is 13.0. The van der Waals surface area contributed by atoms with Crippen LogP contribution >= 0.6 is 11.3 Å². The van der Waals surface area contributed by atoms with Crippen LogP contribution in [-0.2, 0) is 15.2 Å². The fourth-order valence-corrected chi connectivity index (χ4v) is 4.98. The maximum absolute atomic E-state index is 11.9. The van der Waals surface area contributed by atoms with Gasteiger partial charge in [-0.05, 0) is 33.0 Å². The number of hydrogen-bond donors (Lipinski definition) is 2. The third kappa shape index (κ3) is 6.45. The Balaban J connectivity index is 0.000000417. The highest BCUT2D eigenvalue weighted by Gasteiger charge is 2.40. The van der Waals surface area contributed by atoms with Crippen LogP contribution in [0.2, 0.25) is 0 Å². The van der Waals surface area contributed by atoms with Gasteiger partial charge in [0.25, 0.3) is 0 Å². The summed E-state index contributed by atoms with van der Waals surface area (Å²) in [5, 5.41) is 15.7. The maximum Gasteiger partial charge on any atom is 0.360 e. The van der Waals surface area contributed by atoms with Crippen molar-refractivity contribution >= 4 is 28.1 Å². The highest BCUT2D eigenvalue weighted by molar-refractivity contribution is 7.13. The lowest BCUT2D eigenvalue weighted by Crippen LogP contribution is -2.32.